The third-order valence-electron chi connectivity index (χ3n) is 4.27. The number of nitrogens with one attached hydrogen (secondary N) is 1. The number of benzene rings is 1. The van der Waals surface area contributed by atoms with Crippen molar-refractivity contribution in [2.75, 3.05) is 5.73 Å². The van der Waals surface area contributed by atoms with Crippen LogP contribution in [0.1, 0.15) is 43.8 Å². The van der Waals surface area contributed by atoms with Crippen LogP contribution in [-0.4, -0.2) is 15.5 Å². The van der Waals surface area contributed by atoms with Crippen molar-refractivity contribution in [3.63, 3.8) is 0 Å². The quantitative estimate of drug-likeness (QED) is 0.346. The fourth-order valence-corrected chi connectivity index (χ4v) is 3.21. The Morgan fingerprint density at radius 3 is 2.81 bits per heavy atom. The van der Waals surface area contributed by atoms with Gasteiger partial charge in [0.25, 0.3) is 5.91 Å². The normalized spacial score (nSPS) is 16.2. The minimum Gasteiger partial charge on any atom is -0.397 e. The van der Waals surface area contributed by atoms with Gasteiger partial charge in [-0.2, -0.15) is 0 Å². The van der Waals surface area contributed by atoms with Crippen LogP contribution < -0.4 is 17.0 Å². The fraction of sp³-hybridized carbons (Fsp3) is 0.467. The van der Waals surface area contributed by atoms with Gasteiger partial charge in [0.05, 0.1) is 11.2 Å². The molecule has 5 N–H and O–H groups in total. The number of hydrazine groups is 1. The number of imidazole rings is 1. The van der Waals surface area contributed by atoms with E-state index in [4.69, 9.17) is 16.6 Å². The number of carbonyl (C=O) groups excluding carboxylic acids is 1. The van der Waals surface area contributed by atoms with E-state index in [9.17, 15) is 4.79 Å². The average molecular weight is 287 g/mol. The van der Waals surface area contributed by atoms with Gasteiger partial charge in [-0.1, -0.05) is 25.3 Å². The molecule has 1 amide bonds. The number of amides is 1. The summed E-state index contributed by atoms with van der Waals surface area (Å²) in [5.74, 6) is 6.37. The Balaban J connectivity index is 2.09. The zero-order valence-electron chi connectivity index (χ0n) is 12.0. The van der Waals surface area contributed by atoms with Crippen molar-refractivity contribution >= 4 is 22.6 Å². The first-order valence-electron chi connectivity index (χ1n) is 7.44. The highest BCUT2D eigenvalue weighted by Gasteiger charge is 2.23. The maximum Gasteiger partial charge on any atom is 0.253 e. The molecule has 1 fully saturated rings. The van der Waals surface area contributed by atoms with Gasteiger partial charge < -0.3 is 10.3 Å². The van der Waals surface area contributed by atoms with Crippen LogP contribution in [0.4, 0.5) is 5.69 Å². The van der Waals surface area contributed by atoms with Crippen molar-refractivity contribution in [1.82, 2.24) is 15.0 Å². The highest BCUT2D eigenvalue weighted by atomic mass is 16.2. The van der Waals surface area contributed by atoms with Crippen LogP contribution in [0.25, 0.3) is 11.0 Å². The van der Waals surface area contributed by atoms with Crippen LogP contribution in [0.3, 0.4) is 0 Å². The van der Waals surface area contributed by atoms with E-state index in [1.807, 2.05) is 22.8 Å². The molecule has 1 saturated carbocycles. The molecule has 21 heavy (non-hydrogen) atoms. The summed E-state index contributed by atoms with van der Waals surface area (Å²) in [5.41, 5.74) is 10.6. The molecule has 0 saturated heterocycles. The van der Waals surface area contributed by atoms with Gasteiger partial charge in [0.15, 0.2) is 0 Å². The molecular weight excluding hydrogens is 266 g/mol. The number of nitrogens with two attached hydrogens (primary N) is 2. The third-order valence-corrected chi connectivity index (χ3v) is 4.27. The summed E-state index contributed by atoms with van der Waals surface area (Å²) in [6.07, 6.45) is 5.95. The SMILES string of the molecule is NNC(=O)Cn1c(C2CCCCC2)nc2c(N)cccc21. The van der Waals surface area contributed by atoms with Crippen LogP contribution in [0.5, 0.6) is 0 Å². The van der Waals surface area contributed by atoms with E-state index < -0.39 is 0 Å². The molecule has 6 nitrogen and oxygen atoms in total. The highest BCUT2D eigenvalue weighted by molar-refractivity contribution is 5.89. The van der Waals surface area contributed by atoms with Crippen LogP contribution in [0.2, 0.25) is 0 Å². The second-order valence-corrected chi connectivity index (χ2v) is 5.67. The lowest BCUT2D eigenvalue weighted by molar-refractivity contribution is -0.121. The van der Waals surface area contributed by atoms with Crippen LogP contribution >= 0.6 is 0 Å². The Bertz CT molecular complexity index is 657. The monoisotopic (exact) mass is 287 g/mol. The predicted octanol–water partition coefficient (Wildman–Crippen LogP) is 1.66. The molecule has 0 unspecified atom stereocenters. The topological polar surface area (TPSA) is 99.0 Å². The minimum absolute atomic E-state index is 0.183. The van der Waals surface area contributed by atoms with Gasteiger partial charge in [-0.25, -0.2) is 10.8 Å². The van der Waals surface area contributed by atoms with E-state index >= 15 is 0 Å². The van der Waals surface area contributed by atoms with E-state index in [0.717, 1.165) is 29.7 Å². The number of rotatable bonds is 3. The molecule has 2 aromatic rings. The molecule has 0 aliphatic heterocycles. The summed E-state index contributed by atoms with van der Waals surface area (Å²) in [6.45, 7) is 0.183. The van der Waals surface area contributed by atoms with Gasteiger partial charge in [-0.3, -0.25) is 10.2 Å². The van der Waals surface area contributed by atoms with Crippen LogP contribution in [-0.2, 0) is 11.3 Å². The Morgan fingerprint density at radius 2 is 2.10 bits per heavy atom. The number of anilines is 1. The molecule has 3 rings (SSSR count). The number of hydrogen-bond donors (Lipinski definition) is 3. The summed E-state index contributed by atoms with van der Waals surface area (Å²) in [4.78, 5) is 16.5. The fourth-order valence-electron chi connectivity index (χ4n) is 3.21. The van der Waals surface area contributed by atoms with Gasteiger partial charge in [-0.05, 0) is 25.0 Å². The second kappa shape index (κ2) is 5.73. The predicted molar refractivity (Wildman–Crippen MR) is 82.3 cm³/mol. The molecule has 0 radical (unpaired) electrons. The van der Waals surface area contributed by atoms with E-state index in [1.165, 1.54) is 19.3 Å². The Hall–Kier alpha value is -2.08. The summed E-state index contributed by atoms with van der Waals surface area (Å²) in [7, 11) is 0. The molecule has 1 aromatic heterocycles. The molecule has 1 aromatic carbocycles. The van der Waals surface area contributed by atoms with Crippen molar-refractivity contribution in [1.29, 1.82) is 0 Å². The zero-order valence-corrected chi connectivity index (χ0v) is 12.0. The van der Waals surface area contributed by atoms with E-state index in [1.54, 1.807) is 0 Å². The standard InChI is InChI=1S/C15H21N5O/c16-11-7-4-8-12-14(11)18-15(10-5-2-1-3-6-10)20(12)9-13(21)19-17/h4,7-8,10H,1-3,5-6,9,16-17H2,(H,19,21). The second-order valence-electron chi connectivity index (χ2n) is 5.67. The van der Waals surface area contributed by atoms with Gasteiger partial charge in [0, 0.05) is 5.92 Å². The first-order chi connectivity index (χ1) is 10.2. The van der Waals surface area contributed by atoms with Gasteiger partial charge >= 0.3 is 0 Å². The zero-order chi connectivity index (χ0) is 14.8. The van der Waals surface area contributed by atoms with E-state index in [2.05, 4.69) is 5.43 Å². The van der Waals surface area contributed by atoms with Gasteiger partial charge in [0.1, 0.15) is 17.9 Å². The first kappa shape index (κ1) is 13.9. The van der Waals surface area contributed by atoms with Gasteiger partial charge in [0.2, 0.25) is 0 Å². The van der Waals surface area contributed by atoms with Gasteiger partial charge in [-0.15, -0.1) is 0 Å². The average Bonchev–Trinajstić information content (AvgIpc) is 2.88. The number of nitrogens with zero attached hydrogens (tertiary/aromatic N) is 2. The molecule has 0 spiro atoms. The molecule has 0 atom stereocenters. The molecule has 112 valence electrons. The molecule has 0 bridgehead atoms. The molecular formula is C15H21N5O. The maximum atomic E-state index is 11.7. The largest absolute Gasteiger partial charge is 0.397 e. The molecule has 1 aliphatic rings. The summed E-state index contributed by atoms with van der Waals surface area (Å²) < 4.78 is 1.96. The highest BCUT2D eigenvalue weighted by Crippen LogP contribution is 2.34. The van der Waals surface area contributed by atoms with E-state index in [-0.39, 0.29) is 12.5 Å². The van der Waals surface area contributed by atoms with Crippen LogP contribution in [0, 0.1) is 0 Å². The Kier molecular flexibility index (Phi) is 3.79. The van der Waals surface area contributed by atoms with E-state index in [0.29, 0.717) is 11.6 Å². The summed E-state index contributed by atoms with van der Waals surface area (Å²) in [5, 5.41) is 0. The number of hydrogen-bond acceptors (Lipinski definition) is 4. The lowest BCUT2D eigenvalue weighted by Gasteiger charge is -2.22. The smallest absolute Gasteiger partial charge is 0.253 e. The third kappa shape index (κ3) is 2.58. The lowest BCUT2D eigenvalue weighted by Crippen LogP contribution is -2.33. The molecule has 6 heteroatoms. The summed E-state index contributed by atoms with van der Waals surface area (Å²) in [6, 6.07) is 5.68. The molecule has 1 aliphatic carbocycles. The Morgan fingerprint density at radius 1 is 1.33 bits per heavy atom. The molecule has 1 heterocycles. The Labute approximate surface area is 123 Å². The number of carbonyl (C=O) groups is 1. The first-order valence-corrected chi connectivity index (χ1v) is 7.44. The van der Waals surface area contributed by atoms with Crippen molar-refractivity contribution in [3.05, 3.63) is 24.0 Å². The number of aromatic nitrogens is 2. The summed E-state index contributed by atoms with van der Waals surface area (Å²) >= 11 is 0. The van der Waals surface area contributed by atoms with Crippen molar-refractivity contribution in [2.45, 2.75) is 44.6 Å². The number of para-hydroxylation sites is 1. The van der Waals surface area contributed by atoms with Crippen molar-refractivity contribution in [3.8, 4) is 0 Å². The maximum absolute atomic E-state index is 11.7. The lowest BCUT2D eigenvalue weighted by atomic mass is 9.88. The van der Waals surface area contributed by atoms with Crippen molar-refractivity contribution in [2.24, 2.45) is 5.84 Å². The minimum atomic E-state index is -0.228. The van der Waals surface area contributed by atoms with Crippen molar-refractivity contribution < 1.29 is 4.79 Å². The number of fused-ring (bicyclic) bond motifs is 1. The van der Waals surface area contributed by atoms with Crippen LogP contribution in [0.15, 0.2) is 18.2 Å². The number of nitrogen functional groups attached to an aromatic ring is 1.